The van der Waals surface area contributed by atoms with Crippen LogP contribution in [0, 0.1) is 6.92 Å². The van der Waals surface area contributed by atoms with Gasteiger partial charge in [-0.15, -0.1) is 0 Å². The van der Waals surface area contributed by atoms with Gasteiger partial charge in [-0.3, -0.25) is 0 Å². The number of hydrogen-bond acceptors (Lipinski definition) is 3. The van der Waals surface area contributed by atoms with Gasteiger partial charge in [0, 0.05) is 11.1 Å². The van der Waals surface area contributed by atoms with Gasteiger partial charge in [0.25, 0.3) is 0 Å². The van der Waals surface area contributed by atoms with Crippen LogP contribution in [-0.4, -0.2) is 22.9 Å². The van der Waals surface area contributed by atoms with Crippen LogP contribution in [0.15, 0.2) is 65.1 Å². The Kier molecular flexibility index (Phi) is 3.69. The van der Waals surface area contributed by atoms with E-state index in [4.69, 9.17) is 4.42 Å². The van der Waals surface area contributed by atoms with Crippen molar-refractivity contribution in [3.05, 3.63) is 66.4 Å². The Morgan fingerprint density at radius 3 is 2.44 bits per heavy atom. The number of aromatic hydroxyl groups is 1. The average molecular weight is 328 g/mol. The second-order valence-corrected chi connectivity index (χ2v) is 6.07. The van der Waals surface area contributed by atoms with E-state index < -0.39 is 0 Å². The molecule has 0 saturated heterocycles. The first-order chi connectivity index (χ1) is 12.1. The Labute approximate surface area is 146 Å². The Bertz CT molecular complexity index is 1030. The van der Waals surface area contributed by atoms with Gasteiger partial charge in [0.05, 0.1) is 11.4 Å². The van der Waals surface area contributed by atoms with Crippen molar-refractivity contribution in [2.24, 2.45) is 0 Å². The third-order valence-electron chi connectivity index (χ3n) is 4.29. The average Bonchev–Trinajstić information content (AvgIpc) is 3.23. The molecule has 25 heavy (non-hydrogen) atoms. The largest absolute Gasteiger partial charge is 0.508 e. The summed E-state index contributed by atoms with van der Waals surface area (Å²) < 4.78 is 6.03. The van der Waals surface area contributed by atoms with Crippen molar-refractivity contribution in [1.29, 1.82) is 0 Å². The summed E-state index contributed by atoms with van der Waals surface area (Å²) in [5.74, 6) is 2.47. The molecule has 0 amide bonds. The zero-order chi connectivity index (χ0) is 17.4. The maximum Gasteiger partial charge on any atom is 0.174 e. The van der Waals surface area contributed by atoms with Crippen LogP contribution in [-0.2, 0) is 0 Å². The monoisotopic (exact) mass is 328 g/mol. The molecule has 2 N–H and O–H groups in total. The minimum absolute atomic E-state index is 0.245. The summed E-state index contributed by atoms with van der Waals surface area (Å²) in [6, 6.07) is 19.1. The van der Waals surface area contributed by atoms with Gasteiger partial charge in [-0.2, -0.15) is 0 Å². The zero-order valence-electron chi connectivity index (χ0n) is 14.1. The number of hydrogen-bond donors (Lipinski definition) is 2. The summed E-state index contributed by atoms with van der Waals surface area (Å²) in [7, 11) is 2.07. The molecule has 122 valence electrons. The van der Waals surface area contributed by atoms with Crippen LogP contribution < -0.4 is 5.46 Å². The van der Waals surface area contributed by atoms with Crippen molar-refractivity contribution in [3.63, 3.8) is 0 Å². The molecular formula is C20H17BN2O2. The Balaban J connectivity index is 1.71. The molecule has 0 fully saturated rings. The van der Waals surface area contributed by atoms with E-state index in [0.717, 1.165) is 28.3 Å². The van der Waals surface area contributed by atoms with Gasteiger partial charge in [-0.05, 0) is 43.3 Å². The summed E-state index contributed by atoms with van der Waals surface area (Å²) in [5, 5.41) is 9.45. The Morgan fingerprint density at radius 2 is 1.68 bits per heavy atom. The number of aryl methyl sites for hydroxylation is 1. The lowest BCUT2D eigenvalue weighted by molar-refractivity contribution is 0.475. The number of nitrogens with zero attached hydrogens (tertiary/aromatic N) is 1. The summed E-state index contributed by atoms with van der Waals surface area (Å²) in [6.45, 7) is 1.95. The summed E-state index contributed by atoms with van der Waals surface area (Å²) in [6.07, 6.45) is 0. The maximum atomic E-state index is 9.45. The van der Waals surface area contributed by atoms with Crippen LogP contribution >= 0.6 is 0 Å². The number of imidazole rings is 1. The normalized spacial score (nSPS) is 10.9. The predicted octanol–water partition coefficient (Wildman–Crippen LogP) is 3.28. The highest BCUT2D eigenvalue weighted by Gasteiger charge is 2.14. The first-order valence-electron chi connectivity index (χ1n) is 8.14. The third kappa shape index (κ3) is 2.85. The summed E-state index contributed by atoms with van der Waals surface area (Å²) in [4.78, 5) is 7.92. The second kappa shape index (κ2) is 6.02. The van der Waals surface area contributed by atoms with Gasteiger partial charge in [0.2, 0.25) is 0 Å². The number of rotatable bonds is 3. The SMILES string of the molecule is Bc1ccccc1-c1ccc(-c2nc(C)c(-c3ccc(O)cc3)[nH]2)o1. The van der Waals surface area contributed by atoms with Crippen LogP contribution in [0.4, 0.5) is 0 Å². The lowest BCUT2D eigenvalue weighted by Crippen LogP contribution is -2.04. The summed E-state index contributed by atoms with van der Waals surface area (Å²) in [5.41, 5.74) is 5.03. The molecular weight excluding hydrogens is 311 g/mol. The highest BCUT2D eigenvalue weighted by Crippen LogP contribution is 2.30. The smallest absolute Gasteiger partial charge is 0.174 e. The van der Waals surface area contributed by atoms with E-state index in [2.05, 4.69) is 23.9 Å². The molecule has 5 heteroatoms. The molecule has 2 aromatic heterocycles. The second-order valence-electron chi connectivity index (χ2n) is 6.07. The maximum absolute atomic E-state index is 9.45. The highest BCUT2D eigenvalue weighted by atomic mass is 16.3. The lowest BCUT2D eigenvalue weighted by Gasteiger charge is -2.01. The molecule has 0 aliphatic carbocycles. The predicted molar refractivity (Wildman–Crippen MR) is 102 cm³/mol. The number of benzene rings is 2. The molecule has 0 radical (unpaired) electrons. The number of phenolic OH excluding ortho intramolecular Hbond substituents is 1. The number of aromatic amines is 1. The molecule has 0 spiro atoms. The van der Waals surface area contributed by atoms with E-state index in [9.17, 15) is 5.11 Å². The van der Waals surface area contributed by atoms with E-state index in [1.807, 2.05) is 49.4 Å². The van der Waals surface area contributed by atoms with E-state index in [1.54, 1.807) is 12.1 Å². The summed E-state index contributed by atoms with van der Waals surface area (Å²) >= 11 is 0. The number of aromatic nitrogens is 2. The van der Waals surface area contributed by atoms with Crippen LogP contribution in [0.25, 0.3) is 34.2 Å². The molecule has 0 aliphatic heterocycles. The zero-order valence-corrected chi connectivity index (χ0v) is 14.1. The molecule has 2 heterocycles. The molecule has 2 aromatic carbocycles. The first-order valence-corrected chi connectivity index (χ1v) is 8.14. The molecule has 0 bridgehead atoms. The Hall–Kier alpha value is -3.21. The van der Waals surface area contributed by atoms with Crippen molar-refractivity contribution >= 4 is 13.3 Å². The van der Waals surface area contributed by atoms with E-state index in [-0.39, 0.29) is 5.75 Å². The van der Waals surface area contributed by atoms with Crippen molar-refractivity contribution in [1.82, 2.24) is 9.97 Å². The van der Waals surface area contributed by atoms with Gasteiger partial charge in [0.1, 0.15) is 19.4 Å². The first kappa shape index (κ1) is 15.3. The van der Waals surface area contributed by atoms with Crippen LogP contribution in [0.2, 0.25) is 0 Å². The number of H-pyrrole nitrogens is 1. The number of nitrogens with one attached hydrogen (secondary N) is 1. The van der Waals surface area contributed by atoms with Gasteiger partial charge in [-0.1, -0.05) is 29.7 Å². The minimum atomic E-state index is 0.245. The van der Waals surface area contributed by atoms with Crippen LogP contribution in [0.3, 0.4) is 0 Å². The highest BCUT2D eigenvalue weighted by molar-refractivity contribution is 6.35. The van der Waals surface area contributed by atoms with Gasteiger partial charge >= 0.3 is 0 Å². The minimum Gasteiger partial charge on any atom is -0.508 e. The van der Waals surface area contributed by atoms with Gasteiger partial charge in [-0.25, -0.2) is 4.98 Å². The van der Waals surface area contributed by atoms with Gasteiger partial charge in [0.15, 0.2) is 11.6 Å². The van der Waals surface area contributed by atoms with E-state index >= 15 is 0 Å². The van der Waals surface area contributed by atoms with Crippen molar-refractivity contribution in [3.8, 4) is 39.9 Å². The van der Waals surface area contributed by atoms with Crippen LogP contribution in [0.1, 0.15) is 5.69 Å². The molecule has 0 unspecified atom stereocenters. The molecule has 0 aliphatic rings. The molecule has 4 rings (SSSR count). The van der Waals surface area contributed by atoms with Crippen molar-refractivity contribution in [2.75, 3.05) is 0 Å². The van der Waals surface area contributed by atoms with Crippen molar-refractivity contribution < 1.29 is 9.52 Å². The molecule has 4 nitrogen and oxygen atoms in total. The Morgan fingerprint density at radius 1 is 0.960 bits per heavy atom. The molecule has 0 atom stereocenters. The fraction of sp³-hybridized carbons (Fsp3) is 0.0500. The third-order valence-corrected chi connectivity index (χ3v) is 4.29. The molecule has 0 saturated carbocycles. The number of furan rings is 1. The van der Waals surface area contributed by atoms with Gasteiger partial charge < -0.3 is 14.5 Å². The fourth-order valence-corrected chi connectivity index (χ4v) is 2.95. The standard InChI is InChI=1S/C20H17BN2O2/c1-12-19(13-6-8-14(24)9-7-13)23-20(22-12)18-11-10-17(25-18)15-4-2-3-5-16(15)21/h2-11,24H,21H2,1H3,(H,22,23). The van der Waals surface area contributed by atoms with Crippen molar-refractivity contribution in [2.45, 2.75) is 6.92 Å². The topological polar surface area (TPSA) is 62.1 Å². The molecule has 4 aromatic rings. The van der Waals surface area contributed by atoms with Crippen LogP contribution in [0.5, 0.6) is 5.75 Å². The van der Waals surface area contributed by atoms with E-state index in [0.29, 0.717) is 11.6 Å². The quantitative estimate of drug-likeness (QED) is 0.568. The fourth-order valence-electron chi connectivity index (χ4n) is 2.95. The van der Waals surface area contributed by atoms with E-state index in [1.165, 1.54) is 5.46 Å². The lowest BCUT2D eigenvalue weighted by atomic mass is 9.90. The number of phenols is 1.